The van der Waals surface area contributed by atoms with Crippen LogP contribution in [-0.4, -0.2) is 20.5 Å². The summed E-state index contributed by atoms with van der Waals surface area (Å²) in [6.45, 7) is 3.94. The number of aromatic nitrogens is 3. The van der Waals surface area contributed by atoms with E-state index in [2.05, 4.69) is 9.97 Å². The van der Waals surface area contributed by atoms with Crippen molar-refractivity contribution < 1.29 is 4.74 Å². The molecule has 2 aromatic heterocycles. The summed E-state index contributed by atoms with van der Waals surface area (Å²) >= 11 is 0. The van der Waals surface area contributed by atoms with Crippen LogP contribution in [0.25, 0.3) is 5.65 Å². The van der Waals surface area contributed by atoms with E-state index in [0.29, 0.717) is 12.0 Å². The average Bonchev–Trinajstić information content (AvgIpc) is 2.87. The van der Waals surface area contributed by atoms with Crippen molar-refractivity contribution in [1.29, 1.82) is 0 Å². The Kier molecular flexibility index (Phi) is 1.71. The van der Waals surface area contributed by atoms with Gasteiger partial charge in [-0.2, -0.15) is 0 Å². The van der Waals surface area contributed by atoms with Crippen molar-refractivity contribution >= 4 is 5.65 Å². The van der Waals surface area contributed by atoms with E-state index in [1.807, 2.05) is 30.6 Å². The summed E-state index contributed by atoms with van der Waals surface area (Å²) in [4.78, 5) is 8.80. The Hall–Kier alpha value is -1.58. The number of hydrogen-bond donors (Lipinski definition) is 0. The third-order valence-electron chi connectivity index (χ3n) is 2.45. The number of ether oxygens (including phenoxy) is 1. The molecule has 1 aliphatic rings. The molecule has 0 amide bonds. The van der Waals surface area contributed by atoms with Gasteiger partial charge < -0.3 is 9.14 Å². The second-order valence-electron chi connectivity index (χ2n) is 4.12. The van der Waals surface area contributed by atoms with E-state index >= 15 is 0 Å². The zero-order valence-corrected chi connectivity index (χ0v) is 8.90. The van der Waals surface area contributed by atoms with Gasteiger partial charge in [0.15, 0.2) is 0 Å². The Labute approximate surface area is 87.9 Å². The smallest absolute Gasteiger partial charge is 0.258 e. The van der Waals surface area contributed by atoms with E-state index in [1.165, 1.54) is 0 Å². The topological polar surface area (TPSA) is 39.4 Å². The molecule has 15 heavy (non-hydrogen) atoms. The summed E-state index contributed by atoms with van der Waals surface area (Å²) in [6.07, 6.45) is 6.60. The Morgan fingerprint density at radius 1 is 1.20 bits per heavy atom. The molecule has 0 aliphatic heterocycles. The Balaban J connectivity index is 2.15. The third kappa shape index (κ3) is 1.56. The molecule has 4 nitrogen and oxygen atoms in total. The first kappa shape index (κ1) is 8.71. The molecule has 4 heteroatoms. The van der Waals surface area contributed by atoms with Gasteiger partial charge in [-0.05, 0) is 26.7 Å². The lowest BCUT2D eigenvalue weighted by Gasteiger charge is -2.05. The van der Waals surface area contributed by atoms with Gasteiger partial charge in [0.25, 0.3) is 5.88 Å². The van der Waals surface area contributed by atoms with Gasteiger partial charge >= 0.3 is 0 Å². The minimum Gasteiger partial charge on any atom is -0.472 e. The average molecular weight is 203 g/mol. The fourth-order valence-electron chi connectivity index (χ4n) is 1.64. The minimum absolute atomic E-state index is 0.361. The first-order valence-electron chi connectivity index (χ1n) is 5.22. The van der Waals surface area contributed by atoms with Crippen LogP contribution in [-0.2, 0) is 0 Å². The summed E-state index contributed by atoms with van der Waals surface area (Å²) in [5.74, 6) is 0.672. The maximum atomic E-state index is 5.74. The summed E-state index contributed by atoms with van der Waals surface area (Å²) in [5, 5.41) is 0. The first-order valence-corrected chi connectivity index (χ1v) is 5.22. The molecular weight excluding hydrogens is 190 g/mol. The summed E-state index contributed by atoms with van der Waals surface area (Å²) in [7, 11) is 0. The maximum Gasteiger partial charge on any atom is 0.258 e. The van der Waals surface area contributed by atoms with Crippen molar-refractivity contribution in [3.05, 3.63) is 23.8 Å². The molecule has 2 aromatic rings. The Bertz CT molecular complexity index is 514. The SMILES string of the molecule is Cc1cn2cc(C)nc2c(OC2CC2)n1. The van der Waals surface area contributed by atoms with Crippen LogP contribution in [0.3, 0.4) is 0 Å². The van der Waals surface area contributed by atoms with E-state index < -0.39 is 0 Å². The predicted molar refractivity (Wildman–Crippen MR) is 56.1 cm³/mol. The van der Waals surface area contributed by atoms with E-state index in [4.69, 9.17) is 4.74 Å². The van der Waals surface area contributed by atoms with Crippen molar-refractivity contribution in [2.24, 2.45) is 0 Å². The highest BCUT2D eigenvalue weighted by atomic mass is 16.5. The maximum absolute atomic E-state index is 5.74. The molecule has 0 unspecified atom stereocenters. The zero-order valence-electron chi connectivity index (χ0n) is 8.90. The second-order valence-corrected chi connectivity index (χ2v) is 4.12. The lowest BCUT2D eigenvalue weighted by molar-refractivity contribution is 0.292. The van der Waals surface area contributed by atoms with Gasteiger partial charge in [-0.15, -0.1) is 0 Å². The van der Waals surface area contributed by atoms with Crippen molar-refractivity contribution in [3.63, 3.8) is 0 Å². The lowest BCUT2D eigenvalue weighted by atomic mass is 10.5. The molecule has 0 aromatic carbocycles. The number of hydrogen-bond acceptors (Lipinski definition) is 3. The number of nitrogens with zero attached hydrogens (tertiary/aromatic N) is 3. The van der Waals surface area contributed by atoms with Crippen LogP contribution in [0.5, 0.6) is 5.88 Å². The van der Waals surface area contributed by atoms with Gasteiger partial charge in [0.1, 0.15) is 6.10 Å². The summed E-state index contributed by atoms with van der Waals surface area (Å²) in [5.41, 5.74) is 2.77. The summed E-state index contributed by atoms with van der Waals surface area (Å²) < 4.78 is 7.72. The molecule has 78 valence electrons. The fraction of sp³-hybridized carbons (Fsp3) is 0.455. The largest absolute Gasteiger partial charge is 0.472 e. The van der Waals surface area contributed by atoms with Crippen molar-refractivity contribution in [2.75, 3.05) is 0 Å². The van der Waals surface area contributed by atoms with Crippen molar-refractivity contribution in [3.8, 4) is 5.88 Å². The van der Waals surface area contributed by atoms with Gasteiger partial charge in [-0.25, -0.2) is 9.97 Å². The van der Waals surface area contributed by atoms with Crippen molar-refractivity contribution in [1.82, 2.24) is 14.4 Å². The predicted octanol–water partition coefficient (Wildman–Crippen LogP) is 1.89. The van der Waals surface area contributed by atoms with Crippen LogP contribution in [0.1, 0.15) is 24.2 Å². The molecule has 0 saturated heterocycles. The van der Waals surface area contributed by atoms with Crippen LogP contribution in [0.2, 0.25) is 0 Å². The highest BCUT2D eigenvalue weighted by Crippen LogP contribution is 2.28. The number of fused-ring (bicyclic) bond motifs is 1. The molecule has 0 bridgehead atoms. The van der Waals surface area contributed by atoms with Crippen LogP contribution in [0, 0.1) is 13.8 Å². The van der Waals surface area contributed by atoms with E-state index in [-0.39, 0.29) is 0 Å². The Morgan fingerprint density at radius 2 is 1.87 bits per heavy atom. The molecular formula is C11H13N3O. The zero-order chi connectivity index (χ0) is 10.4. The van der Waals surface area contributed by atoms with Crippen LogP contribution < -0.4 is 4.74 Å². The number of rotatable bonds is 2. The van der Waals surface area contributed by atoms with Gasteiger partial charge in [0.05, 0.1) is 11.4 Å². The van der Waals surface area contributed by atoms with Crippen LogP contribution in [0.15, 0.2) is 12.4 Å². The van der Waals surface area contributed by atoms with Crippen molar-refractivity contribution in [2.45, 2.75) is 32.8 Å². The molecule has 0 radical (unpaired) electrons. The Morgan fingerprint density at radius 3 is 2.53 bits per heavy atom. The fourth-order valence-corrected chi connectivity index (χ4v) is 1.64. The third-order valence-corrected chi connectivity index (χ3v) is 2.45. The number of aryl methyl sites for hydroxylation is 2. The van der Waals surface area contributed by atoms with Gasteiger partial charge in [-0.3, -0.25) is 0 Å². The lowest BCUT2D eigenvalue weighted by Crippen LogP contribution is -2.02. The minimum atomic E-state index is 0.361. The number of imidazole rings is 1. The van der Waals surface area contributed by atoms with Gasteiger partial charge in [0.2, 0.25) is 5.65 Å². The van der Waals surface area contributed by atoms with E-state index in [1.54, 1.807) is 0 Å². The highest BCUT2D eigenvalue weighted by Gasteiger charge is 2.25. The molecule has 1 saturated carbocycles. The van der Waals surface area contributed by atoms with E-state index in [9.17, 15) is 0 Å². The monoisotopic (exact) mass is 203 g/mol. The van der Waals surface area contributed by atoms with Gasteiger partial charge in [-0.1, -0.05) is 0 Å². The quantitative estimate of drug-likeness (QED) is 0.748. The highest BCUT2D eigenvalue weighted by molar-refractivity contribution is 5.50. The molecule has 1 aliphatic carbocycles. The molecule has 2 heterocycles. The molecule has 0 atom stereocenters. The molecule has 0 spiro atoms. The summed E-state index contributed by atoms with van der Waals surface area (Å²) in [6, 6.07) is 0. The second kappa shape index (κ2) is 2.95. The standard InChI is InChI=1S/C11H13N3O/c1-7-5-14-6-8(2)13-11(10(14)12-7)15-9-3-4-9/h5-6,9H,3-4H2,1-2H3. The van der Waals surface area contributed by atoms with E-state index in [0.717, 1.165) is 29.9 Å². The molecule has 3 rings (SSSR count). The van der Waals surface area contributed by atoms with Crippen LogP contribution >= 0.6 is 0 Å². The normalized spacial score (nSPS) is 15.9. The van der Waals surface area contributed by atoms with Gasteiger partial charge in [0, 0.05) is 12.4 Å². The molecule has 1 fully saturated rings. The van der Waals surface area contributed by atoms with Crippen LogP contribution in [0.4, 0.5) is 0 Å². The first-order chi connectivity index (χ1) is 7.22. The molecule has 0 N–H and O–H groups in total.